The first kappa shape index (κ1) is 17.2. The lowest BCUT2D eigenvalue weighted by Crippen LogP contribution is -2.45. The molecule has 5 atom stereocenters. The van der Waals surface area contributed by atoms with Gasteiger partial charge in [-0.1, -0.05) is 20.8 Å². The van der Waals surface area contributed by atoms with Crippen LogP contribution in [0.25, 0.3) is 0 Å². The SMILES string of the molecule is CNC1CCC(C(C)C)CC1CN1CC(C)C(N(C)C)C1. The zero-order valence-electron chi connectivity index (χ0n) is 15.1. The van der Waals surface area contributed by atoms with Gasteiger partial charge in [-0.3, -0.25) is 0 Å². The second-order valence-electron chi connectivity index (χ2n) is 8.20. The summed E-state index contributed by atoms with van der Waals surface area (Å²) in [6.45, 7) is 11.1. The molecule has 21 heavy (non-hydrogen) atoms. The molecule has 1 aliphatic carbocycles. The van der Waals surface area contributed by atoms with Crippen molar-refractivity contribution in [3.8, 4) is 0 Å². The first-order chi connectivity index (χ1) is 9.92. The van der Waals surface area contributed by atoms with Crippen molar-refractivity contribution in [3.63, 3.8) is 0 Å². The summed E-state index contributed by atoms with van der Waals surface area (Å²) in [5.74, 6) is 3.42. The quantitative estimate of drug-likeness (QED) is 0.841. The minimum Gasteiger partial charge on any atom is -0.317 e. The van der Waals surface area contributed by atoms with Gasteiger partial charge in [0, 0.05) is 31.7 Å². The van der Waals surface area contributed by atoms with Crippen LogP contribution < -0.4 is 5.32 Å². The number of hydrogen-bond donors (Lipinski definition) is 1. The van der Waals surface area contributed by atoms with Gasteiger partial charge in [0.05, 0.1) is 0 Å². The highest BCUT2D eigenvalue weighted by Gasteiger charge is 2.36. The molecule has 0 aromatic carbocycles. The first-order valence-electron chi connectivity index (χ1n) is 8.98. The fourth-order valence-electron chi connectivity index (χ4n) is 4.69. The summed E-state index contributed by atoms with van der Waals surface area (Å²) in [7, 11) is 6.62. The number of likely N-dealkylation sites (tertiary alicyclic amines) is 1. The van der Waals surface area contributed by atoms with Crippen LogP contribution in [0.15, 0.2) is 0 Å². The van der Waals surface area contributed by atoms with E-state index in [0.717, 1.165) is 35.8 Å². The Kier molecular flexibility index (Phi) is 6.10. The van der Waals surface area contributed by atoms with Gasteiger partial charge in [-0.15, -0.1) is 0 Å². The van der Waals surface area contributed by atoms with Gasteiger partial charge >= 0.3 is 0 Å². The highest BCUT2D eigenvalue weighted by Crippen LogP contribution is 2.35. The molecule has 5 unspecified atom stereocenters. The van der Waals surface area contributed by atoms with E-state index in [2.05, 4.69) is 57.0 Å². The van der Waals surface area contributed by atoms with Crippen LogP contribution >= 0.6 is 0 Å². The molecule has 0 spiro atoms. The summed E-state index contributed by atoms with van der Waals surface area (Å²) < 4.78 is 0. The van der Waals surface area contributed by atoms with Gasteiger partial charge in [-0.05, 0) is 64.1 Å². The smallest absolute Gasteiger partial charge is 0.0254 e. The largest absolute Gasteiger partial charge is 0.317 e. The Morgan fingerprint density at radius 2 is 1.90 bits per heavy atom. The summed E-state index contributed by atoms with van der Waals surface area (Å²) in [5, 5.41) is 3.60. The molecule has 2 aliphatic rings. The normalized spacial score (nSPS) is 38.6. The van der Waals surface area contributed by atoms with Gasteiger partial charge in [0.2, 0.25) is 0 Å². The Balaban J connectivity index is 1.93. The average Bonchev–Trinajstić information content (AvgIpc) is 2.79. The van der Waals surface area contributed by atoms with Gasteiger partial charge < -0.3 is 15.1 Å². The van der Waals surface area contributed by atoms with E-state index in [1.807, 2.05) is 0 Å². The van der Waals surface area contributed by atoms with Gasteiger partial charge in [0.15, 0.2) is 0 Å². The molecule has 1 saturated carbocycles. The fraction of sp³-hybridized carbons (Fsp3) is 1.00. The van der Waals surface area contributed by atoms with E-state index in [1.165, 1.54) is 38.9 Å². The molecule has 0 bridgehead atoms. The van der Waals surface area contributed by atoms with Crippen LogP contribution in [0, 0.1) is 23.7 Å². The van der Waals surface area contributed by atoms with Gasteiger partial charge in [-0.2, -0.15) is 0 Å². The number of nitrogens with one attached hydrogen (secondary N) is 1. The minimum absolute atomic E-state index is 0.730. The van der Waals surface area contributed by atoms with Crippen molar-refractivity contribution in [2.24, 2.45) is 23.7 Å². The molecule has 1 saturated heterocycles. The molecule has 0 amide bonds. The monoisotopic (exact) mass is 295 g/mol. The number of hydrogen-bond acceptors (Lipinski definition) is 3. The molecular formula is C18H37N3. The van der Waals surface area contributed by atoms with Crippen LogP contribution in [-0.2, 0) is 0 Å². The van der Waals surface area contributed by atoms with Gasteiger partial charge in [-0.25, -0.2) is 0 Å². The van der Waals surface area contributed by atoms with E-state index in [1.54, 1.807) is 0 Å². The van der Waals surface area contributed by atoms with Crippen LogP contribution in [0.4, 0.5) is 0 Å². The van der Waals surface area contributed by atoms with Crippen LogP contribution in [-0.4, -0.2) is 62.7 Å². The maximum absolute atomic E-state index is 3.60. The molecule has 0 aromatic rings. The zero-order valence-corrected chi connectivity index (χ0v) is 15.1. The Labute approximate surface area is 132 Å². The summed E-state index contributed by atoms with van der Waals surface area (Å²) in [6.07, 6.45) is 4.20. The lowest BCUT2D eigenvalue weighted by molar-refractivity contribution is 0.132. The molecule has 3 heteroatoms. The molecule has 1 heterocycles. The molecule has 2 rings (SSSR count). The molecule has 1 aliphatic heterocycles. The van der Waals surface area contributed by atoms with Crippen LogP contribution in [0.5, 0.6) is 0 Å². The summed E-state index contributed by atoms with van der Waals surface area (Å²) in [5.41, 5.74) is 0. The fourth-order valence-corrected chi connectivity index (χ4v) is 4.69. The Morgan fingerprint density at radius 1 is 1.19 bits per heavy atom. The minimum atomic E-state index is 0.730. The van der Waals surface area contributed by atoms with E-state index < -0.39 is 0 Å². The zero-order chi connectivity index (χ0) is 15.6. The maximum atomic E-state index is 3.60. The third-order valence-electron chi connectivity index (χ3n) is 6.14. The topological polar surface area (TPSA) is 18.5 Å². The predicted octanol–water partition coefficient (Wildman–Crippen LogP) is 2.53. The summed E-state index contributed by atoms with van der Waals surface area (Å²) in [4.78, 5) is 5.14. The van der Waals surface area contributed by atoms with Crippen molar-refractivity contribution >= 4 is 0 Å². The molecule has 0 aromatic heterocycles. The first-order valence-corrected chi connectivity index (χ1v) is 8.98. The Hall–Kier alpha value is -0.120. The number of likely N-dealkylation sites (N-methyl/N-ethyl adjacent to an activating group) is 1. The van der Waals surface area contributed by atoms with Crippen LogP contribution in [0.3, 0.4) is 0 Å². The van der Waals surface area contributed by atoms with Crippen molar-refractivity contribution in [1.29, 1.82) is 0 Å². The van der Waals surface area contributed by atoms with E-state index in [-0.39, 0.29) is 0 Å². The van der Waals surface area contributed by atoms with Crippen molar-refractivity contribution in [3.05, 3.63) is 0 Å². The lowest BCUT2D eigenvalue weighted by atomic mass is 9.73. The second kappa shape index (κ2) is 7.43. The maximum Gasteiger partial charge on any atom is 0.0254 e. The van der Waals surface area contributed by atoms with Gasteiger partial charge in [0.25, 0.3) is 0 Å². The second-order valence-corrected chi connectivity index (χ2v) is 8.20. The molecule has 0 radical (unpaired) electrons. The van der Waals surface area contributed by atoms with E-state index in [0.29, 0.717) is 0 Å². The van der Waals surface area contributed by atoms with Crippen molar-refractivity contribution in [1.82, 2.24) is 15.1 Å². The molecule has 3 nitrogen and oxygen atoms in total. The standard InChI is InChI=1S/C18H37N3/c1-13(2)15-7-8-17(19-4)16(9-15)11-21-10-14(3)18(12-21)20(5)6/h13-19H,7-12H2,1-6H3. The molecule has 124 valence electrons. The predicted molar refractivity (Wildman–Crippen MR) is 91.6 cm³/mol. The lowest BCUT2D eigenvalue weighted by Gasteiger charge is -2.39. The summed E-state index contributed by atoms with van der Waals surface area (Å²) >= 11 is 0. The molecule has 1 N–H and O–H groups in total. The Bertz CT molecular complexity index is 316. The number of rotatable bonds is 5. The van der Waals surface area contributed by atoms with E-state index in [9.17, 15) is 0 Å². The van der Waals surface area contributed by atoms with Gasteiger partial charge in [0.1, 0.15) is 0 Å². The number of nitrogens with zero attached hydrogens (tertiary/aromatic N) is 2. The van der Waals surface area contributed by atoms with E-state index in [4.69, 9.17) is 0 Å². The molecular weight excluding hydrogens is 258 g/mol. The third-order valence-corrected chi connectivity index (χ3v) is 6.14. The summed E-state index contributed by atoms with van der Waals surface area (Å²) in [6, 6.07) is 1.47. The highest BCUT2D eigenvalue weighted by molar-refractivity contribution is 4.91. The molecule has 2 fully saturated rings. The Morgan fingerprint density at radius 3 is 2.43 bits per heavy atom. The average molecular weight is 296 g/mol. The van der Waals surface area contributed by atoms with Crippen molar-refractivity contribution < 1.29 is 0 Å². The van der Waals surface area contributed by atoms with Crippen molar-refractivity contribution in [2.75, 3.05) is 40.8 Å². The highest BCUT2D eigenvalue weighted by atomic mass is 15.2. The van der Waals surface area contributed by atoms with E-state index >= 15 is 0 Å². The van der Waals surface area contributed by atoms with Crippen molar-refractivity contribution in [2.45, 2.75) is 52.1 Å². The van der Waals surface area contributed by atoms with Crippen LogP contribution in [0.1, 0.15) is 40.0 Å². The van der Waals surface area contributed by atoms with Crippen LogP contribution in [0.2, 0.25) is 0 Å². The third kappa shape index (κ3) is 4.20.